The number of hydrogen-bond donors (Lipinski definition) is 1. The Kier molecular flexibility index (Phi) is 5.21. The maximum atomic E-state index is 13.3. The van der Waals surface area contributed by atoms with Gasteiger partial charge in [0.05, 0.1) is 12.2 Å². The van der Waals surface area contributed by atoms with E-state index in [2.05, 4.69) is 45.1 Å². The van der Waals surface area contributed by atoms with E-state index in [1.807, 2.05) is 41.3 Å². The van der Waals surface area contributed by atoms with Gasteiger partial charge in [-0.1, -0.05) is 38.1 Å². The van der Waals surface area contributed by atoms with Crippen LogP contribution in [0.5, 0.6) is 5.75 Å². The molecular formula is C22H28N2O2. The second-order valence-corrected chi connectivity index (χ2v) is 7.05. The second-order valence-electron chi connectivity index (χ2n) is 7.05. The highest BCUT2D eigenvalue weighted by molar-refractivity contribution is 6.02. The molecule has 1 aliphatic rings. The third-order valence-electron chi connectivity index (χ3n) is 5.16. The summed E-state index contributed by atoms with van der Waals surface area (Å²) in [6.45, 7) is 9.09. The third-order valence-corrected chi connectivity index (χ3v) is 5.16. The summed E-state index contributed by atoms with van der Waals surface area (Å²) in [5, 5.41) is 3.61. The van der Waals surface area contributed by atoms with Gasteiger partial charge < -0.3 is 15.0 Å². The van der Waals surface area contributed by atoms with E-state index in [0.29, 0.717) is 6.61 Å². The van der Waals surface area contributed by atoms with Crippen LogP contribution in [-0.4, -0.2) is 23.5 Å². The Labute approximate surface area is 156 Å². The molecule has 4 heteroatoms. The molecule has 2 aromatic carbocycles. The third kappa shape index (κ3) is 3.16. The summed E-state index contributed by atoms with van der Waals surface area (Å²) in [4.78, 5) is 15.2. The lowest BCUT2D eigenvalue weighted by molar-refractivity contribution is 0.0400. The molecule has 0 radical (unpaired) electrons. The maximum absolute atomic E-state index is 13.3. The number of carbonyl (C=O) groups excluding carboxylic acids is 1. The first-order valence-electron chi connectivity index (χ1n) is 9.45. The van der Waals surface area contributed by atoms with Gasteiger partial charge in [0.2, 0.25) is 0 Å². The molecule has 1 N–H and O–H groups in total. The molecule has 4 nitrogen and oxygen atoms in total. The first-order chi connectivity index (χ1) is 12.5. The molecule has 0 saturated heterocycles. The van der Waals surface area contributed by atoms with Gasteiger partial charge >= 0.3 is 0 Å². The molecule has 1 aliphatic heterocycles. The predicted molar refractivity (Wildman–Crippen MR) is 106 cm³/mol. The van der Waals surface area contributed by atoms with Gasteiger partial charge in [-0.15, -0.1) is 0 Å². The van der Waals surface area contributed by atoms with E-state index in [-0.39, 0.29) is 11.9 Å². The van der Waals surface area contributed by atoms with Crippen LogP contribution in [0, 0.1) is 0 Å². The minimum Gasteiger partial charge on any atom is -0.494 e. The van der Waals surface area contributed by atoms with Crippen LogP contribution in [0.3, 0.4) is 0 Å². The molecule has 2 aromatic rings. The lowest BCUT2D eigenvalue weighted by atomic mass is 9.91. The van der Waals surface area contributed by atoms with Crippen LogP contribution in [0.4, 0.5) is 5.69 Å². The Morgan fingerprint density at radius 3 is 2.46 bits per heavy atom. The number of nitrogens with zero attached hydrogens (tertiary/aromatic N) is 1. The SMILES string of the molecule is CCCOc1ccc(C2(C)Nc3ccccc3C(=O)N2C(C)CC)cc1. The van der Waals surface area contributed by atoms with Crippen molar-refractivity contribution in [3.05, 3.63) is 59.7 Å². The minimum atomic E-state index is -0.607. The van der Waals surface area contributed by atoms with Gasteiger partial charge in [0.25, 0.3) is 5.91 Å². The number of benzene rings is 2. The number of ether oxygens (including phenoxy) is 1. The zero-order valence-electron chi connectivity index (χ0n) is 16.1. The molecule has 26 heavy (non-hydrogen) atoms. The van der Waals surface area contributed by atoms with Crippen LogP contribution in [0.15, 0.2) is 48.5 Å². The number of amides is 1. The van der Waals surface area contributed by atoms with E-state index in [1.54, 1.807) is 0 Å². The van der Waals surface area contributed by atoms with Crippen LogP contribution >= 0.6 is 0 Å². The lowest BCUT2D eigenvalue weighted by Crippen LogP contribution is -2.58. The van der Waals surface area contributed by atoms with Crippen LogP contribution in [0.2, 0.25) is 0 Å². The van der Waals surface area contributed by atoms with Gasteiger partial charge in [-0.2, -0.15) is 0 Å². The summed E-state index contributed by atoms with van der Waals surface area (Å²) in [7, 11) is 0. The molecule has 1 amide bonds. The number of fused-ring (bicyclic) bond motifs is 1. The van der Waals surface area contributed by atoms with E-state index in [9.17, 15) is 4.79 Å². The minimum absolute atomic E-state index is 0.0718. The molecule has 0 fully saturated rings. The second kappa shape index (κ2) is 7.40. The van der Waals surface area contributed by atoms with Gasteiger partial charge in [-0.3, -0.25) is 4.79 Å². The summed E-state index contributed by atoms with van der Waals surface area (Å²) >= 11 is 0. The van der Waals surface area contributed by atoms with E-state index in [1.165, 1.54) is 0 Å². The molecule has 138 valence electrons. The zero-order chi connectivity index (χ0) is 18.7. The fraction of sp³-hybridized carbons (Fsp3) is 0.409. The number of rotatable bonds is 6. The fourth-order valence-electron chi connectivity index (χ4n) is 3.56. The highest BCUT2D eigenvalue weighted by Gasteiger charge is 2.44. The van der Waals surface area contributed by atoms with Crippen LogP contribution in [-0.2, 0) is 5.66 Å². The van der Waals surface area contributed by atoms with Gasteiger partial charge in [0, 0.05) is 11.7 Å². The quantitative estimate of drug-likeness (QED) is 0.794. The average molecular weight is 352 g/mol. The van der Waals surface area contributed by atoms with Gasteiger partial charge in [-0.05, 0) is 56.5 Å². The van der Waals surface area contributed by atoms with Crippen molar-refractivity contribution in [3.63, 3.8) is 0 Å². The van der Waals surface area contributed by atoms with Crippen molar-refractivity contribution in [1.29, 1.82) is 0 Å². The summed E-state index contributed by atoms with van der Waals surface area (Å²) in [6.07, 6.45) is 1.87. The standard InChI is InChI=1S/C22H28N2O2/c1-5-15-26-18-13-11-17(12-14-18)22(4)23-20-10-8-7-9-19(20)21(25)24(22)16(3)6-2/h7-14,16,23H,5-6,15H2,1-4H3. The molecule has 3 rings (SSSR count). The smallest absolute Gasteiger partial charge is 0.258 e. The van der Waals surface area contributed by atoms with Crippen LogP contribution in [0.1, 0.15) is 56.5 Å². The van der Waals surface area contributed by atoms with Crippen LogP contribution in [0.25, 0.3) is 0 Å². The van der Waals surface area contributed by atoms with Crippen molar-refractivity contribution in [2.75, 3.05) is 11.9 Å². The van der Waals surface area contributed by atoms with E-state index >= 15 is 0 Å². The molecule has 1 heterocycles. The van der Waals surface area contributed by atoms with E-state index < -0.39 is 5.66 Å². The van der Waals surface area contributed by atoms with Gasteiger partial charge in [0.1, 0.15) is 11.4 Å². The first kappa shape index (κ1) is 18.3. The van der Waals surface area contributed by atoms with Crippen molar-refractivity contribution in [1.82, 2.24) is 4.90 Å². The number of anilines is 1. The van der Waals surface area contributed by atoms with Crippen molar-refractivity contribution >= 4 is 11.6 Å². The number of para-hydroxylation sites is 1. The Hall–Kier alpha value is -2.49. The maximum Gasteiger partial charge on any atom is 0.258 e. The molecule has 0 bridgehead atoms. The zero-order valence-corrected chi connectivity index (χ0v) is 16.1. The Morgan fingerprint density at radius 1 is 1.12 bits per heavy atom. The highest BCUT2D eigenvalue weighted by atomic mass is 16.5. The van der Waals surface area contributed by atoms with Gasteiger partial charge in [0.15, 0.2) is 0 Å². The molecule has 0 aliphatic carbocycles. The van der Waals surface area contributed by atoms with Crippen molar-refractivity contribution in [3.8, 4) is 5.75 Å². The van der Waals surface area contributed by atoms with E-state index in [4.69, 9.17) is 4.74 Å². The first-order valence-corrected chi connectivity index (χ1v) is 9.45. The molecular weight excluding hydrogens is 324 g/mol. The number of hydrogen-bond acceptors (Lipinski definition) is 3. The molecule has 0 saturated carbocycles. The summed E-state index contributed by atoms with van der Waals surface area (Å²) in [6, 6.07) is 15.9. The topological polar surface area (TPSA) is 41.6 Å². The molecule has 2 unspecified atom stereocenters. The fourth-order valence-corrected chi connectivity index (χ4v) is 3.56. The largest absolute Gasteiger partial charge is 0.494 e. The highest BCUT2D eigenvalue weighted by Crippen LogP contribution is 2.39. The van der Waals surface area contributed by atoms with Crippen molar-refractivity contribution in [2.24, 2.45) is 0 Å². The monoisotopic (exact) mass is 352 g/mol. The Balaban J connectivity index is 2.02. The van der Waals surface area contributed by atoms with E-state index in [0.717, 1.165) is 35.4 Å². The molecule has 2 atom stereocenters. The summed E-state index contributed by atoms with van der Waals surface area (Å²) in [5.41, 5.74) is 2.05. The average Bonchev–Trinajstić information content (AvgIpc) is 2.66. The summed E-state index contributed by atoms with van der Waals surface area (Å²) in [5.74, 6) is 0.930. The summed E-state index contributed by atoms with van der Waals surface area (Å²) < 4.78 is 5.70. The lowest BCUT2D eigenvalue weighted by Gasteiger charge is -2.49. The molecule has 0 spiro atoms. The van der Waals surface area contributed by atoms with Crippen molar-refractivity contribution in [2.45, 2.75) is 52.2 Å². The van der Waals surface area contributed by atoms with Crippen LogP contribution < -0.4 is 10.1 Å². The Bertz CT molecular complexity index is 772. The number of carbonyl (C=O) groups is 1. The van der Waals surface area contributed by atoms with Gasteiger partial charge in [-0.25, -0.2) is 0 Å². The molecule has 0 aromatic heterocycles. The van der Waals surface area contributed by atoms with Crippen molar-refractivity contribution < 1.29 is 9.53 Å². The predicted octanol–water partition coefficient (Wildman–Crippen LogP) is 5.01. The normalized spacial score (nSPS) is 20.3. The number of nitrogens with one attached hydrogen (secondary N) is 1. The Morgan fingerprint density at radius 2 is 1.81 bits per heavy atom.